The van der Waals surface area contributed by atoms with Crippen LogP contribution in [-0.2, 0) is 46.1 Å². The van der Waals surface area contributed by atoms with Crippen LogP contribution >= 0.6 is 7.67 Å². The summed E-state index contributed by atoms with van der Waals surface area (Å²) in [6.45, 7) is 7.62. The number of nitrogens with two attached hydrogens (primary N) is 1. The zero-order valence-electron chi connectivity index (χ0n) is 31.0. The molecule has 18 heteroatoms. The number of hydrogen-bond donors (Lipinski definition) is 5. The van der Waals surface area contributed by atoms with E-state index in [4.69, 9.17) is 29.2 Å². The van der Waals surface area contributed by atoms with Gasteiger partial charge in [-0.3, -0.25) is 18.7 Å². The van der Waals surface area contributed by atoms with Crippen LogP contribution in [0.5, 0.6) is 5.88 Å². The molecule has 4 aromatic rings. The van der Waals surface area contributed by atoms with E-state index in [2.05, 4.69) is 25.1 Å². The fourth-order valence-corrected chi connectivity index (χ4v) is 7.96. The minimum absolute atomic E-state index is 0.0342. The summed E-state index contributed by atoms with van der Waals surface area (Å²) in [6, 6.07) is 15.8. The Morgan fingerprint density at radius 2 is 1.46 bits per heavy atom. The predicted octanol–water partition coefficient (Wildman–Crippen LogP) is 3.27. The second-order valence-electron chi connectivity index (χ2n) is 13.8. The van der Waals surface area contributed by atoms with Crippen LogP contribution in [-0.4, -0.2) is 85.3 Å². The molecule has 6 atom stereocenters. The molecule has 17 nitrogen and oxygen atoms in total. The summed E-state index contributed by atoms with van der Waals surface area (Å²) in [5, 5.41) is 28.5. The van der Waals surface area contributed by atoms with Gasteiger partial charge in [-0.05, 0) is 29.9 Å². The smallest absolute Gasteiger partial charge is 0.342 e. The third-order valence-electron chi connectivity index (χ3n) is 8.94. The molecule has 1 saturated heterocycles. The molecule has 2 aromatic heterocycles. The first-order valence-corrected chi connectivity index (χ1v) is 19.1. The number of methoxy groups -OCH3 is 1. The van der Waals surface area contributed by atoms with E-state index in [1.807, 2.05) is 36.4 Å². The Morgan fingerprint density at radius 1 is 0.944 bits per heavy atom. The minimum atomic E-state index is -4.44. The highest BCUT2D eigenvalue weighted by Crippen LogP contribution is 2.45. The maximum atomic E-state index is 14.9. The Labute approximate surface area is 313 Å². The average Bonchev–Trinajstić information content (AvgIpc) is 3.66. The molecule has 2 aromatic carbocycles. The number of nitrogens with one attached hydrogen (secondary N) is 2. The van der Waals surface area contributed by atoms with Crippen LogP contribution in [0.2, 0.25) is 0 Å². The lowest BCUT2D eigenvalue weighted by Gasteiger charge is -2.31. The van der Waals surface area contributed by atoms with Crippen LogP contribution in [0, 0.1) is 11.8 Å². The Morgan fingerprint density at radius 3 is 1.94 bits per heavy atom. The number of aromatic nitrogens is 4. The summed E-state index contributed by atoms with van der Waals surface area (Å²) in [7, 11) is -3.05. The van der Waals surface area contributed by atoms with Gasteiger partial charge in [-0.15, -0.1) is 0 Å². The molecule has 0 bridgehead atoms. The van der Waals surface area contributed by atoms with Crippen LogP contribution in [0.4, 0.5) is 5.95 Å². The lowest BCUT2D eigenvalue weighted by atomic mass is 9.96. The summed E-state index contributed by atoms with van der Waals surface area (Å²) in [4.78, 5) is 39.5. The van der Waals surface area contributed by atoms with Crippen molar-refractivity contribution in [2.45, 2.75) is 84.0 Å². The molecule has 0 spiro atoms. The molecule has 3 heterocycles. The molecule has 292 valence electrons. The van der Waals surface area contributed by atoms with Crippen molar-refractivity contribution in [2.24, 2.45) is 11.8 Å². The summed E-state index contributed by atoms with van der Waals surface area (Å²) in [5.41, 5.74) is 5.82. The van der Waals surface area contributed by atoms with Gasteiger partial charge < -0.3 is 39.4 Å². The maximum Gasteiger partial charge on any atom is 0.342 e. The van der Waals surface area contributed by atoms with Gasteiger partial charge in [0.15, 0.2) is 17.4 Å². The lowest BCUT2D eigenvalue weighted by Crippen LogP contribution is -2.49. The second-order valence-corrected chi connectivity index (χ2v) is 15.7. The van der Waals surface area contributed by atoms with Crippen molar-refractivity contribution in [3.05, 3.63) is 78.1 Å². The van der Waals surface area contributed by atoms with E-state index < -0.39 is 74.2 Å². The molecule has 0 unspecified atom stereocenters. The van der Waals surface area contributed by atoms with Crippen LogP contribution < -0.4 is 20.6 Å². The number of benzene rings is 2. The minimum Gasteiger partial charge on any atom is -0.479 e. The fraction of sp³-hybridized carbons (Fsp3) is 0.472. The molecule has 1 aliphatic heterocycles. The van der Waals surface area contributed by atoms with Crippen LogP contribution in [0.3, 0.4) is 0 Å². The molecular formula is C36H48N7O10P. The van der Waals surface area contributed by atoms with Crippen molar-refractivity contribution in [1.29, 1.82) is 0 Å². The molecule has 6 N–H and O–H groups in total. The highest BCUT2D eigenvalue weighted by Gasteiger charge is 2.54. The number of aliphatic hydroxyl groups excluding tert-OH is 1. The number of nitrogens with zero attached hydrogens (tertiary/aromatic N) is 4. The Balaban J connectivity index is 1.40. The number of rotatable bonds is 17. The van der Waals surface area contributed by atoms with Gasteiger partial charge in [0.25, 0.3) is 0 Å². The number of imidazole rings is 1. The largest absolute Gasteiger partial charge is 0.479 e. The zero-order chi connectivity index (χ0) is 39.2. The van der Waals surface area contributed by atoms with E-state index in [9.17, 15) is 24.4 Å². The quantitative estimate of drug-likeness (QED) is 0.0766. The number of nitrogen functional groups attached to an aromatic ring is 1. The van der Waals surface area contributed by atoms with Crippen molar-refractivity contribution in [2.75, 3.05) is 19.5 Å². The highest BCUT2D eigenvalue weighted by molar-refractivity contribution is 7.54. The number of esters is 2. The number of carbonyl (C=O) groups excluding carboxylic acids is 2. The Kier molecular flexibility index (Phi) is 13.1. The standard InChI is InChI=1S/C36H48N7O10P/c1-21(2)26(32(45)50-17-23-13-9-7-10-14-23)41-54(48,42-27(22(3)4)33(46)51-18-24-15-11-8-12-16-24)52-19-25-29(44)36(5,47)34(53-25)43-20-38-28-30(43)39-35(37)40-31(28)49-6/h7-16,20-22,25-27,29,34,44,47H,17-19H2,1-6H3,(H2,37,39,40)(H2,41,42,48)/t25-,26+,27+,29-,34-,36-/m1/s1. The molecule has 1 aliphatic rings. The lowest BCUT2D eigenvalue weighted by molar-refractivity contribution is -0.148. The number of ether oxygens (including phenoxy) is 4. The van der Waals surface area contributed by atoms with Gasteiger partial charge in [-0.2, -0.15) is 9.97 Å². The maximum absolute atomic E-state index is 14.9. The van der Waals surface area contributed by atoms with E-state index in [0.29, 0.717) is 0 Å². The van der Waals surface area contributed by atoms with Gasteiger partial charge in [0.05, 0.1) is 20.0 Å². The van der Waals surface area contributed by atoms with Crippen molar-refractivity contribution >= 4 is 36.7 Å². The number of anilines is 1. The number of aliphatic hydroxyl groups is 2. The summed E-state index contributed by atoms with van der Waals surface area (Å²) in [5.74, 6) is -2.38. The number of carbonyl (C=O) groups is 2. The Hall–Kier alpha value is -4.48. The van der Waals surface area contributed by atoms with Crippen LogP contribution in [0.25, 0.3) is 11.2 Å². The van der Waals surface area contributed by atoms with Gasteiger partial charge in [0.2, 0.25) is 11.8 Å². The van der Waals surface area contributed by atoms with Gasteiger partial charge in [-0.1, -0.05) is 88.4 Å². The predicted molar refractivity (Wildman–Crippen MR) is 196 cm³/mol. The molecular weight excluding hydrogens is 721 g/mol. The van der Waals surface area contributed by atoms with Crippen molar-refractivity contribution in [1.82, 2.24) is 29.7 Å². The topological polar surface area (TPSA) is 231 Å². The summed E-state index contributed by atoms with van der Waals surface area (Å²) in [6.07, 6.45) is -2.83. The van der Waals surface area contributed by atoms with E-state index in [1.165, 1.54) is 24.9 Å². The number of hydrogen-bond acceptors (Lipinski definition) is 14. The SMILES string of the molecule is COc1nc(N)nc2c1ncn2[C@@H]1O[C@H](COP(=O)(N[C@H](C(=O)OCc2ccccc2)C(C)C)N[C@H](C(=O)OCc2ccccc2)C(C)C)[C@@H](O)[C@@]1(C)O. The number of fused-ring (bicyclic) bond motifs is 1. The molecule has 0 saturated carbocycles. The first-order valence-electron chi connectivity index (χ1n) is 17.4. The van der Waals surface area contributed by atoms with Crippen molar-refractivity contribution in [3.63, 3.8) is 0 Å². The Bertz CT molecular complexity index is 1860. The third kappa shape index (κ3) is 9.41. The van der Waals surface area contributed by atoms with E-state index in [0.717, 1.165) is 11.1 Å². The molecule has 0 amide bonds. The normalized spacial score (nSPS) is 21.3. The highest BCUT2D eigenvalue weighted by atomic mass is 31.2. The first kappa shape index (κ1) is 40.7. The monoisotopic (exact) mass is 769 g/mol. The van der Waals surface area contributed by atoms with E-state index in [-0.39, 0.29) is 36.2 Å². The zero-order valence-corrected chi connectivity index (χ0v) is 31.9. The molecule has 5 rings (SSSR count). The third-order valence-corrected chi connectivity index (χ3v) is 10.7. The van der Waals surface area contributed by atoms with Gasteiger partial charge in [0.1, 0.15) is 43.1 Å². The van der Waals surface area contributed by atoms with Crippen LogP contribution in [0.1, 0.15) is 52.0 Å². The molecule has 0 radical (unpaired) electrons. The summed E-state index contributed by atoms with van der Waals surface area (Å²) < 4.78 is 44.8. The van der Waals surface area contributed by atoms with Crippen molar-refractivity contribution in [3.8, 4) is 5.88 Å². The average molecular weight is 770 g/mol. The fourth-order valence-electron chi connectivity index (χ4n) is 5.84. The van der Waals surface area contributed by atoms with E-state index in [1.54, 1.807) is 52.0 Å². The second kappa shape index (κ2) is 17.3. The first-order chi connectivity index (χ1) is 25.6. The van der Waals surface area contributed by atoms with Gasteiger partial charge in [0, 0.05) is 0 Å². The summed E-state index contributed by atoms with van der Waals surface area (Å²) >= 11 is 0. The van der Waals surface area contributed by atoms with E-state index >= 15 is 0 Å². The van der Waals surface area contributed by atoms with Gasteiger partial charge >= 0.3 is 19.6 Å². The molecule has 54 heavy (non-hydrogen) atoms. The molecule has 1 fully saturated rings. The van der Waals surface area contributed by atoms with Crippen LogP contribution in [0.15, 0.2) is 67.0 Å². The van der Waals surface area contributed by atoms with Crippen molar-refractivity contribution < 1.29 is 47.8 Å². The van der Waals surface area contributed by atoms with Gasteiger partial charge in [-0.25, -0.2) is 15.2 Å². The molecule has 0 aliphatic carbocycles.